The molecule has 2 rings (SSSR count). The molecule has 1 heterocycles. The first kappa shape index (κ1) is 15.9. The van der Waals surface area contributed by atoms with Crippen LogP contribution in [0.5, 0.6) is 0 Å². The first-order valence-corrected chi connectivity index (χ1v) is 8.45. The first-order chi connectivity index (χ1) is 9.28. The van der Waals surface area contributed by atoms with Gasteiger partial charge >= 0.3 is 0 Å². The Morgan fingerprint density at radius 2 is 2.05 bits per heavy atom. The predicted octanol–water partition coefficient (Wildman–Crippen LogP) is 3.51. The molecule has 1 saturated carbocycles. The van der Waals surface area contributed by atoms with Gasteiger partial charge in [0.2, 0.25) is 0 Å². The Bertz CT molecular complexity index is 428. The summed E-state index contributed by atoms with van der Waals surface area (Å²) in [5, 5.41) is 15.2. The fourth-order valence-electron chi connectivity index (χ4n) is 3.10. The van der Waals surface area contributed by atoms with Gasteiger partial charge in [-0.1, -0.05) is 20.8 Å². The van der Waals surface area contributed by atoms with Crippen LogP contribution in [-0.4, -0.2) is 22.2 Å². The predicted molar refractivity (Wildman–Crippen MR) is 84.9 cm³/mol. The van der Waals surface area contributed by atoms with Crippen LogP contribution in [0, 0.1) is 18.3 Å². The summed E-state index contributed by atoms with van der Waals surface area (Å²) in [5.74, 6) is 0.743. The van der Waals surface area contributed by atoms with Gasteiger partial charge in [-0.05, 0) is 43.9 Å². The average Bonchev–Trinajstić information content (AvgIpc) is 2.74. The summed E-state index contributed by atoms with van der Waals surface area (Å²) >= 11 is 1.72. The van der Waals surface area contributed by atoms with Crippen molar-refractivity contribution in [2.45, 2.75) is 65.5 Å². The van der Waals surface area contributed by atoms with Crippen LogP contribution in [-0.2, 0) is 6.54 Å². The second kappa shape index (κ2) is 6.12. The number of aryl methyl sites for hydroxylation is 1. The highest BCUT2D eigenvalue weighted by atomic mass is 32.1. The van der Waals surface area contributed by atoms with Crippen LogP contribution in [0.1, 0.15) is 56.3 Å². The Labute approximate surface area is 126 Å². The molecule has 0 saturated heterocycles. The van der Waals surface area contributed by atoms with Crippen molar-refractivity contribution >= 4 is 11.3 Å². The Kier molecular flexibility index (Phi) is 4.88. The van der Waals surface area contributed by atoms with Crippen molar-refractivity contribution in [2.75, 3.05) is 6.54 Å². The molecule has 0 unspecified atom stereocenters. The number of hydrogen-bond acceptors (Lipinski definition) is 4. The molecule has 0 amide bonds. The zero-order valence-corrected chi connectivity index (χ0v) is 14.0. The Morgan fingerprint density at radius 3 is 2.55 bits per heavy atom. The molecule has 3 nitrogen and oxygen atoms in total. The van der Waals surface area contributed by atoms with E-state index in [9.17, 15) is 5.11 Å². The van der Waals surface area contributed by atoms with Crippen molar-refractivity contribution in [3.63, 3.8) is 0 Å². The number of hydrogen-bond donors (Lipinski definition) is 2. The second-order valence-corrected chi connectivity index (χ2v) is 8.63. The summed E-state index contributed by atoms with van der Waals surface area (Å²) in [6.07, 6.45) is 6.05. The van der Waals surface area contributed by atoms with E-state index >= 15 is 0 Å². The summed E-state index contributed by atoms with van der Waals surface area (Å²) in [7, 11) is 0. The highest BCUT2D eigenvalue weighted by Crippen LogP contribution is 2.41. The van der Waals surface area contributed by atoms with Crippen LogP contribution in [0.15, 0.2) is 6.20 Å². The van der Waals surface area contributed by atoms with E-state index in [4.69, 9.17) is 0 Å². The van der Waals surface area contributed by atoms with Gasteiger partial charge in [0.15, 0.2) is 0 Å². The van der Waals surface area contributed by atoms with E-state index in [1.807, 2.05) is 13.1 Å². The molecule has 0 atom stereocenters. The van der Waals surface area contributed by atoms with Gasteiger partial charge in [0, 0.05) is 24.2 Å². The van der Waals surface area contributed by atoms with E-state index in [-0.39, 0.29) is 0 Å². The van der Waals surface area contributed by atoms with Crippen molar-refractivity contribution in [2.24, 2.45) is 11.3 Å². The van der Waals surface area contributed by atoms with Gasteiger partial charge in [-0.2, -0.15) is 0 Å². The lowest BCUT2D eigenvalue weighted by atomic mass is 9.68. The lowest BCUT2D eigenvalue weighted by molar-refractivity contribution is -0.0239. The van der Waals surface area contributed by atoms with Crippen molar-refractivity contribution in [3.8, 4) is 0 Å². The molecule has 0 spiro atoms. The SMILES string of the molecule is Cc1ncc(CNCC2(O)CCC(C(C)(C)C)CC2)s1. The molecular weight excluding hydrogens is 268 g/mol. The Balaban J connectivity index is 1.76. The molecule has 4 heteroatoms. The molecule has 0 radical (unpaired) electrons. The van der Waals surface area contributed by atoms with E-state index in [0.717, 1.165) is 43.2 Å². The summed E-state index contributed by atoms with van der Waals surface area (Å²) in [6.45, 7) is 10.5. The maximum atomic E-state index is 10.7. The first-order valence-electron chi connectivity index (χ1n) is 7.63. The van der Waals surface area contributed by atoms with Gasteiger partial charge in [-0.3, -0.25) is 0 Å². The number of nitrogens with one attached hydrogen (secondary N) is 1. The number of nitrogens with zero attached hydrogens (tertiary/aromatic N) is 1. The second-order valence-electron chi connectivity index (χ2n) is 7.31. The van der Waals surface area contributed by atoms with Gasteiger partial charge in [-0.15, -0.1) is 11.3 Å². The van der Waals surface area contributed by atoms with Crippen LogP contribution >= 0.6 is 11.3 Å². The third-order valence-electron chi connectivity index (χ3n) is 4.56. The highest BCUT2D eigenvalue weighted by Gasteiger charge is 2.36. The molecule has 1 aromatic heterocycles. The van der Waals surface area contributed by atoms with Gasteiger partial charge in [0.25, 0.3) is 0 Å². The average molecular weight is 296 g/mol. The van der Waals surface area contributed by atoms with Crippen molar-refractivity contribution < 1.29 is 5.11 Å². The smallest absolute Gasteiger partial charge is 0.0897 e. The minimum absolute atomic E-state index is 0.370. The maximum Gasteiger partial charge on any atom is 0.0897 e. The number of thiazole rings is 1. The largest absolute Gasteiger partial charge is 0.389 e. The molecule has 0 aliphatic heterocycles. The van der Waals surface area contributed by atoms with Crippen LogP contribution in [0.25, 0.3) is 0 Å². The van der Waals surface area contributed by atoms with Crippen LogP contribution in [0.2, 0.25) is 0 Å². The molecule has 0 bridgehead atoms. The molecule has 1 aliphatic carbocycles. The van der Waals surface area contributed by atoms with E-state index in [1.54, 1.807) is 11.3 Å². The molecule has 2 N–H and O–H groups in total. The van der Waals surface area contributed by atoms with Gasteiger partial charge in [0.1, 0.15) is 0 Å². The van der Waals surface area contributed by atoms with E-state index in [2.05, 4.69) is 31.1 Å². The molecule has 1 aliphatic rings. The third-order valence-corrected chi connectivity index (χ3v) is 5.48. The van der Waals surface area contributed by atoms with Crippen molar-refractivity contribution in [3.05, 3.63) is 16.1 Å². The van der Waals surface area contributed by atoms with Gasteiger partial charge in [-0.25, -0.2) is 4.98 Å². The lowest BCUT2D eigenvalue weighted by Gasteiger charge is -2.41. The summed E-state index contributed by atoms with van der Waals surface area (Å²) in [4.78, 5) is 5.50. The normalized spacial score (nSPS) is 27.8. The van der Waals surface area contributed by atoms with E-state index in [0.29, 0.717) is 12.0 Å². The molecule has 0 aromatic carbocycles. The lowest BCUT2D eigenvalue weighted by Crippen LogP contribution is -2.44. The number of aromatic nitrogens is 1. The quantitative estimate of drug-likeness (QED) is 0.893. The van der Waals surface area contributed by atoms with Crippen LogP contribution in [0.3, 0.4) is 0 Å². The summed E-state index contributed by atoms with van der Waals surface area (Å²) < 4.78 is 0. The van der Waals surface area contributed by atoms with Crippen LogP contribution < -0.4 is 5.32 Å². The number of aliphatic hydroxyl groups is 1. The highest BCUT2D eigenvalue weighted by molar-refractivity contribution is 7.11. The fraction of sp³-hybridized carbons (Fsp3) is 0.812. The zero-order valence-electron chi connectivity index (χ0n) is 13.2. The molecule has 114 valence electrons. The fourth-order valence-corrected chi connectivity index (χ4v) is 3.87. The Morgan fingerprint density at radius 1 is 1.40 bits per heavy atom. The van der Waals surface area contributed by atoms with Crippen molar-refractivity contribution in [1.82, 2.24) is 10.3 Å². The molecular formula is C16H28N2OS. The van der Waals surface area contributed by atoms with Crippen LogP contribution in [0.4, 0.5) is 0 Å². The minimum Gasteiger partial charge on any atom is -0.389 e. The zero-order chi connectivity index (χ0) is 14.8. The van der Waals surface area contributed by atoms with E-state index < -0.39 is 5.60 Å². The molecule has 1 fully saturated rings. The topological polar surface area (TPSA) is 45.2 Å². The minimum atomic E-state index is -0.512. The monoisotopic (exact) mass is 296 g/mol. The molecule has 1 aromatic rings. The molecule has 20 heavy (non-hydrogen) atoms. The summed E-state index contributed by atoms with van der Waals surface area (Å²) in [5.41, 5.74) is -0.142. The summed E-state index contributed by atoms with van der Waals surface area (Å²) in [6, 6.07) is 0. The Hall–Kier alpha value is -0.450. The number of rotatable bonds is 4. The standard InChI is InChI=1S/C16H28N2OS/c1-12-18-10-14(20-12)9-17-11-16(19)7-5-13(6-8-16)15(2,3)4/h10,13,17,19H,5-9,11H2,1-4H3. The van der Waals surface area contributed by atoms with Crippen molar-refractivity contribution in [1.29, 1.82) is 0 Å². The van der Waals surface area contributed by atoms with Gasteiger partial charge < -0.3 is 10.4 Å². The third kappa shape index (κ3) is 4.27. The van der Waals surface area contributed by atoms with E-state index in [1.165, 1.54) is 4.88 Å². The van der Waals surface area contributed by atoms with Gasteiger partial charge in [0.05, 0.1) is 10.6 Å². The maximum absolute atomic E-state index is 10.7.